The number of methoxy groups -OCH3 is 1. The third kappa shape index (κ3) is 4.42. The van der Waals surface area contributed by atoms with Gasteiger partial charge in [-0.3, -0.25) is 10.1 Å². The van der Waals surface area contributed by atoms with Crippen molar-refractivity contribution in [3.8, 4) is 0 Å². The van der Waals surface area contributed by atoms with Gasteiger partial charge in [0.25, 0.3) is 5.69 Å². The van der Waals surface area contributed by atoms with Crippen molar-refractivity contribution in [2.24, 2.45) is 0 Å². The van der Waals surface area contributed by atoms with Crippen LogP contribution >= 0.6 is 0 Å². The monoisotopic (exact) mass is 330 g/mol. The fraction of sp³-hybridized carbons (Fsp3) is 0.250. The first-order valence-electron chi connectivity index (χ1n) is 7.29. The van der Waals surface area contributed by atoms with E-state index in [0.717, 1.165) is 5.69 Å². The summed E-state index contributed by atoms with van der Waals surface area (Å²) in [6.07, 6.45) is 0. The van der Waals surface area contributed by atoms with Crippen molar-refractivity contribution in [3.63, 3.8) is 0 Å². The molecule has 1 aromatic heterocycles. The molecule has 0 aliphatic rings. The van der Waals surface area contributed by atoms with Crippen LogP contribution in [0.1, 0.15) is 16.1 Å². The molecule has 0 saturated carbocycles. The molecular formula is C16H18N4O4. The smallest absolute Gasteiger partial charge is 0.339 e. The second kappa shape index (κ2) is 7.91. The number of aryl methyl sites for hydroxylation is 1. The van der Waals surface area contributed by atoms with E-state index in [9.17, 15) is 14.9 Å². The molecule has 0 fully saturated rings. The highest BCUT2D eigenvalue weighted by molar-refractivity contribution is 5.90. The third-order valence-electron chi connectivity index (χ3n) is 3.33. The number of nitrogens with one attached hydrogen (secondary N) is 2. The van der Waals surface area contributed by atoms with E-state index in [4.69, 9.17) is 0 Å². The van der Waals surface area contributed by atoms with Crippen LogP contribution < -0.4 is 10.6 Å². The van der Waals surface area contributed by atoms with Gasteiger partial charge in [0.2, 0.25) is 0 Å². The number of nitrogens with zero attached hydrogens (tertiary/aromatic N) is 2. The first-order valence-corrected chi connectivity index (χ1v) is 7.29. The normalized spacial score (nSPS) is 10.1. The second-order valence-corrected chi connectivity index (χ2v) is 4.98. The lowest BCUT2D eigenvalue weighted by atomic mass is 10.2. The maximum Gasteiger partial charge on any atom is 0.339 e. The molecule has 24 heavy (non-hydrogen) atoms. The van der Waals surface area contributed by atoms with Crippen LogP contribution in [0.15, 0.2) is 36.4 Å². The van der Waals surface area contributed by atoms with Gasteiger partial charge in [-0.1, -0.05) is 0 Å². The van der Waals surface area contributed by atoms with Crippen LogP contribution in [0, 0.1) is 17.0 Å². The van der Waals surface area contributed by atoms with Crippen molar-refractivity contribution in [1.29, 1.82) is 0 Å². The number of ether oxygens (including phenoxy) is 1. The molecule has 2 aromatic rings. The molecule has 0 aliphatic heterocycles. The summed E-state index contributed by atoms with van der Waals surface area (Å²) in [6, 6.07) is 9.60. The summed E-state index contributed by atoms with van der Waals surface area (Å²) >= 11 is 0. The number of rotatable bonds is 7. The third-order valence-corrected chi connectivity index (χ3v) is 3.33. The quantitative estimate of drug-likeness (QED) is 0.348. The van der Waals surface area contributed by atoms with Crippen molar-refractivity contribution in [2.45, 2.75) is 6.92 Å². The molecule has 2 rings (SSSR count). The standard InChI is InChI=1S/C16H18N4O4/c1-11-14(16(21)24-2)7-8-15(19-11)18-10-9-17-12-3-5-13(6-4-12)20(22)23/h3-8,17H,9-10H2,1-2H3,(H,18,19). The summed E-state index contributed by atoms with van der Waals surface area (Å²) < 4.78 is 4.68. The van der Waals surface area contributed by atoms with Crippen LogP contribution in [0.5, 0.6) is 0 Å². The zero-order valence-electron chi connectivity index (χ0n) is 13.4. The lowest BCUT2D eigenvalue weighted by molar-refractivity contribution is -0.384. The summed E-state index contributed by atoms with van der Waals surface area (Å²) in [5.41, 5.74) is 1.89. The predicted octanol–water partition coefficient (Wildman–Crippen LogP) is 2.61. The van der Waals surface area contributed by atoms with Crippen molar-refractivity contribution < 1.29 is 14.5 Å². The Morgan fingerprint density at radius 2 is 1.83 bits per heavy atom. The SMILES string of the molecule is COC(=O)c1ccc(NCCNc2ccc([N+](=O)[O-])cc2)nc1C. The maximum absolute atomic E-state index is 11.5. The number of hydrogen-bond donors (Lipinski definition) is 2. The Morgan fingerprint density at radius 1 is 1.17 bits per heavy atom. The number of benzene rings is 1. The number of nitro groups is 1. The Hall–Kier alpha value is -3.16. The molecule has 0 aliphatic carbocycles. The van der Waals surface area contributed by atoms with Crippen LogP contribution in [0.25, 0.3) is 0 Å². The molecule has 2 N–H and O–H groups in total. The second-order valence-electron chi connectivity index (χ2n) is 4.98. The van der Waals surface area contributed by atoms with Crippen molar-refractivity contribution in [3.05, 3.63) is 57.8 Å². The summed E-state index contributed by atoms with van der Waals surface area (Å²) in [5.74, 6) is 0.247. The fourth-order valence-corrected chi connectivity index (χ4v) is 2.08. The van der Waals surface area contributed by atoms with E-state index in [1.165, 1.54) is 19.2 Å². The number of pyridine rings is 1. The molecule has 0 amide bonds. The van der Waals surface area contributed by atoms with Gasteiger partial charge in [-0.25, -0.2) is 9.78 Å². The van der Waals surface area contributed by atoms with Gasteiger partial charge in [0.1, 0.15) is 5.82 Å². The van der Waals surface area contributed by atoms with Crippen LogP contribution in [0.2, 0.25) is 0 Å². The first-order chi connectivity index (χ1) is 11.5. The minimum absolute atomic E-state index is 0.0593. The number of carbonyl (C=O) groups is 1. The van der Waals surface area contributed by atoms with Gasteiger partial charge in [-0.05, 0) is 31.2 Å². The van der Waals surface area contributed by atoms with E-state index < -0.39 is 10.9 Å². The molecule has 8 heteroatoms. The van der Waals surface area contributed by atoms with Gasteiger partial charge >= 0.3 is 5.97 Å². The van der Waals surface area contributed by atoms with E-state index in [0.29, 0.717) is 30.2 Å². The molecule has 0 unspecified atom stereocenters. The number of carbonyl (C=O) groups excluding carboxylic acids is 1. The van der Waals surface area contributed by atoms with Gasteiger partial charge in [0.15, 0.2) is 0 Å². The van der Waals surface area contributed by atoms with Gasteiger partial charge < -0.3 is 15.4 Å². The van der Waals surface area contributed by atoms with Crippen molar-refractivity contribution in [1.82, 2.24) is 4.98 Å². The number of nitro benzene ring substituents is 1. The average molecular weight is 330 g/mol. The Balaban J connectivity index is 1.83. The zero-order valence-corrected chi connectivity index (χ0v) is 13.4. The van der Waals surface area contributed by atoms with Gasteiger partial charge in [0.05, 0.1) is 23.3 Å². The molecular weight excluding hydrogens is 312 g/mol. The van der Waals surface area contributed by atoms with Gasteiger partial charge in [-0.2, -0.15) is 0 Å². The van der Waals surface area contributed by atoms with Crippen molar-refractivity contribution in [2.75, 3.05) is 30.8 Å². The fourth-order valence-electron chi connectivity index (χ4n) is 2.08. The number of esters is 1. The van der Waals surface area contributed by atoms with Crippen molar-refractivity contribution >= 4 is 23.2 Å². The first kappa shape index (κ1) is 17.2. The predicted molar refractivity (Wildman–Crippen MR) is 90.4 cm³/mol. The molecule has 0 saturated heterocycles. The van der Waals surface area contributed by atoms with Crippen LogP contribution in [0.4, 0.5) is 17.2 Å². The van der Waals surface area contributed by atoms with E-state index in [2.05, 4.69) is 20.4 Å². The zero-order chi connectivity index (χ0) is 17.5. The Bertz CT molecular complexity index is 731. The number of aromatic nitrogens is 1. The van der Waals surface area contributed by atoms with Gasteiger partial charge in [0, 0.05) is 30.9 Å². The molecule has 8 nitrogen and oxygen atoms in total. The highest BCUT2D eigenvalue weighted by atomic mass is 16.6. The Morgan fingerprint density at radius 3 is 2.42 bits per heavy atom. The van der Waals surface area contributed by atoms with Crippen LogP contribution in [-0.2, 0) is 4.74 Å². The number of anilines is 2. The van der Waals surface area contributed by atoms with Gasteiger partial charge in [-0.15, -0.1) is 0 Å². The van der Waals surface area contributed by atoms with E-state index in [-0.39, 0.29) is 5.69 Å². The lowest BCUT2D eigenvalue weighted by Gasteiger charge is -2.10. The molecule has 0 spiro atoms. The molecule has 0 radical (unpaired) electrons. The molecule has 126 valence electrons. The number of non-ortho nitro benzene ring substituents is 1. The molecule has 1 aromatic carbocycles. The van der Waals surface area contributed by atoms with Crippen LogP contribution in [-0.4, -0.2) is 36.1 Å². The van der Waals surface area contributed by atoms with E-state index in [1.807, 2.05) is 0 Å². The summed E-state index contributed by atoms with van der Waals surface area (Å²) in [5, 5.41) is 16.9. The molecule has 0 atom stereocenters. The average Bonchev–Trinajstić information content (AvgIpc) is 2.58. The molecule has 1 heterocycles. The minimum Gasteiger partial charge on any atom is -0.465 e. The molecule has 0 bridgehead atoms. The number of hydrogen-bond acceptors (Lipinski definition) is 7. The van der Waals surface area contributed by atoms with E-state index in [1.54, 1.807) is 31.2 Å². The van der Waals surface area contributed by atoms with E-state index >= 15 is 0 Å². The Kier molecular flexibility index (Phi) is 5.67. The highest BCUT2D eigenvalue weighted by Crippen LogP contribution is 2.15. The summed E-state index contributed by atoms with van der Waals surface area (Å²) in [6.45, 7) is 2.95. The summed E-state index contributed by atoms with van der Waals surface area (Å²) in [4.78, 5) is 25.9. The Labute approximate surface area is 139 Å². The van der Waals surface area contributed by atoms with Crippen LogP contribution in [0.3, 0.4) is 0 Å². The lowest BCUT2D eigenvalue weighted by Crippen LogP contribution is -2.15. The minimum atomic E-state index is -0.433. The maximum atomic E-state index is 11.5. The topological polar surface area (TPSA) is 106 Å². The summed E-state index contributed by atoms with van der Waals surface area (Å²) in [7, 11) is 1.33. The highest BCUT2D eigenvalue weighted by Gasteiger charge is 2.10. The largest absolute Gasteiger partial charge is 0.465 e.